The Morgan fingerprint density at radius 3 is 2.00 bits per heavy atom. The molecule has 2 atom stereocenters. The van der Waals surface area contributed by atoms with Crippen molar-refractivity contribution in [3.63, 3.8) is 0 Å². The molecule has 0 N–H and O–H groups in total. The molecular formula is C12H27NO2. The Balaban J connectivity index is 0. The molecule has 1 aliphatic heterocycles. The van der Waals surface area contributed by atoms with Gasteiger partial charge in [-0.1, -0.05) is 27.7 Å². The summed E-state index contributed by atoms with van der Waals surface area (Å²) in [5.41, 5.74) is 0. The van der Waals surface area contributed by atoms with Gasteiger partial charge in [0.2, 0.25) is 0 Å². The van der Waals surface area contributed by atoms with Crippen LogP contribution in [0.5, 0.6) is 0 Å². The van der Waals surface area contributed by atoms with Crippen LogP contribution in [0.25, 0.3) is 0 Å². The van der Waals surface area contributed by atoms with Gasteiger partial charge >= 0.3 is 5.97 Å². The molecule has 92 valence electrons. The van der Waals surface area contributed by atoms with Gasteiger partial charge in [-0.15, -0.1) is 0 Å². The summed E-state index contributed by atoms with van der Waals surface area (Å²) >= 11 is 0. The van der Waals surface area contributed by atoms with Gasteiger partial charge in [0.1, 0.15) is 6.10 Å². The van der Waals surface area contributed by atoms with Gasteiger partial charge in [-0.2, -0.15) is 0 Å². The second kappa shape index (κ2) is 9.97. The fourth-order valence-electron chi connectivity index (χ4n) is 1.37. The molecule has 0 aromatic carbocycles. The van der Waals surface area contributed by atoms with E-state index in [1.165, 1.54) is 0 Å². The van der Waals surface area contributed by atoms with E-state index in [0.717, 1.165) is 6.42 Å². The lowest BCUT2D eigenvalue weighted by molar-refractivity contribution is -0.155. The van der Waals surface area contributed by atoms with Crippen molar-refractivity contribution in [1.82, 2.24) is 4.90 Å². The van der Waals surface area contributed by atoms with E-state index in [9.17, 15) is 4.79 Å². The van der Waals surface area contributed by atoms with Crippen molar-refractivity contribution in [2.45, 2.75) is 59.6 Å². The molecular weight excluding hydrogens is 190 g/mol. The standard InChI is InChI=1S/C8H15NO2.2C2H6/c1-6-4-7(9(2)3)5-8(10)11-6;2*1-2/h6-7H,4-5H2,1-3H3;2*1-2H3. The van der Waals surface area contributed by atoms with Crippen LogP contribution < -0.4 is 0 Å². The summed E-state index contributed by atoms with van der Waals surface area (Å²) in [5, 5.41) is 0. The van der Waals surface area contributed by atoms with Crippen LogP contribution in [0.1, 0.15) is 47.5 Å². The smallest absolute Gasteiger partial charge is 0.307 e. The number of carbonyl (C=O) groups is 1. The molecule has 0 aromatic rings. The van der Waals surface area contributed by atoms with Crippen LogP contribution in [0.3, 0.4) is 0 Å². The first kappa shape index (κ1) is 16.8. The van der Waals surface area contributed by atoms with E-state index >= 15 is 0 Å². The van der Waals surface area contributed by atoms with Crippen LogP contribution in [0.2, 0.25) is 0 Å². The van der Waals surface area contributed by atoms with Gasteiger partial charge in [0.15, 0.2) is 0 Å². The topological polar surface area (TPSA) is 29.5 Å². The lowest BCUT2D eigenvalue weighted by Gasteiger charge is -2.30. The van der Waals surface area contributed by atoms with Crippen molar-refractivity contribution < 1.29 is 9.53 Å². The van der Waals surface area contributed by atoms with E-state index < -0.39 is 0 Å². The molecule has 0 spiro atoms. The van der Waals surface area contributed by atoms with Crippen LogP contribution in [-0.2, 0) is 9.53 Å². The highest BCUT2D eigenvalue weighted by Crippen LogP contribution is 2.17. The van der Waals surface area contributed by atoms with Crippen LogP contribution in [0, 0.1) is 0 Å². The molecule has 0 amide bonds. The van der Waals surface area contributed by atoms with Gasteiger partial charge in [-0.05, 0) is 21.0 Å². The van der Waals surface area contributed by atoms with Gasteiger partial charge < -0.3 is 9.64 Å². The van der Waals surface area contributed by atoms with E-state index in [2.05, 4.69) is 4.90 Å². The molecule has 0 radical (unpaired) electrons. The first-order valence-corrected chi connectivity index (χ1v) is 5.95. The quantitative estimate of drug-likeness (QED) is 0.632. The summed E-state index contributed by atoms with van der Waals surface area (Å²) in [4.78, 5) is 13.0. The summed E-state index contributed by atoms with van der Waals surface area (Å²) in [6.07, 6.45) is 1.58. The molecule has 2 unspecified atom stereocenters. The second-order valence-corrected chi connectivity index (χ2v) is 3.36. The minimum atomic E-state index is -0.0672. The van der Waals surface area contributed by atoms with E-state index in [-0.39, 0.29) is 12.1 Å². The molecule has 3 heteroatoms. The summed E-state index contributed by atoms with van der Waals surface area (Å²) in [6, 6.07) is 0.367. The van der Waals surface area contributed by atoms with Crippen molar-refractivity contribution in [2.75, 3.05) is 14.1 Å². The summed E-state index contributed by atoms with van der Waals surface area (Å²) < 4.78 is 5.00. The summed E-state index contributed by atoms with van der Waals surface area (Å²) in [7, 11) is 3.99. The number of carbonyl (C=O) groups excluding carboxylic acids is 1. The molecule has 1 heterocycles. The van der Waals surface area contributed by atoms with Crippen molar-refractivity contribution in [2.24, 2.45) is 0 Å². The third-order valence-corrected chi connectivity index (χ3v) is 2.07. The van der Waals surface area contributed by atoms with Crippen LogP contribution in [0.4, 0.5) is 0 Å². The van der Waals surface area contributed by atoms with Gasteiger partial charge in [0.05, 0.1) is 6.42 Å². The molecule has 0 aromatic heterocycles. The van der Waals surface area contributed by atoms with Gasteiger partial charge in [-0.25, -0.2) is 0 Å². The zero-order chi connectivity index (χ0) is 12.4. The third kappa shape index (κ3) is 7.37. The average Bonchev–Trinajstić information content (AvgIpc) is 2.22. The largest absolute Gasteiger partial charge is 0.463 e. The Bertz CT molecular complexity index is 158. The molecule has 3 nitrogen and oxygen atoms in total. The highest BCUT2D eigenvalue weighted by molar-refractivity contribution is 5.71. The van der Waals surface area contributed by atoms with Crippen LogP contribution in [0.15, 0.2) is 0 Å². The number of cyclic esters (lactones) is 1. The Hall–Kier alpha value is -0.570. The zero-order valence-electron chi connectivity index (χ0n) is 11.3. The van der Waals surface area contributed by atoms with Gasteiger partial charge in [-0.3, -0.25) is 4.79 Å². The number of hydrogen-bond donors (Lipinski definition) is 0. The van der Waals surface area contributed by atoms with Crippen LogP contribution in [-0.4, -0.2) is 37.1 Å². The minimum absolute atomic E-state index is 0.0672. The van der Waals surface area contributed by atoms with Gasteiger partial charge in [0.25, 0.3) is 0 Å². The lowest BCUT2D eigenvalue weighted by atomic mass is 10.0. The summed E-state index contributed by atoms with van der Waals surface area (Å²) in [6.45, 7) is 9.94. The summed E-state index contributed by atoms with van der Waals surface area (Å²) in [5.74, 6) is -0.0672. The Morgan fingerprint density at radius 1 is 1.20 bits per heavy atom. The zero-order valence-corrected chi connectivity index (χ0v) is 11.3. The molecule has 1 aliphatic rings. The van der Waals surface area contributed by atoms with E-state index in [1.54, 1.807) is 0 Å². The average molecular weight is 217 g/mol. The Labute approximate surface area is 94.8 Å². The third-order valence-electron chi connectivity index (χ3n) is 2.07. The van der Waals surface area contributed by atoms with Crippen molar-refractivity contribution in [3.8, 4) is 0 Å². The molecule has 0 aliphatic carbocycles. The van der Waals surface area contributed by atoms with Gasteiger partial charge in [0, 0.05) is 12.5 Å². The minimum Gasteiger partial charge on any atom is -0.463 e. The molecule has 1 rings (SSSR count). The Kier molecular flexibility index (Phi) is 11.2. The predicted molar refractivity (Wildman–Crippen MR) is 65.0 cm³/mol. The maximum Gasteiger partial charge on any atom is 0.307 e. The number of nitrogens with zero attached hydrogens (tertiary/aromatic N) is 1. The highest BCUT2D eigenvalue weighted by atomic mass is 16.5. The molecule has 1 fully saturated rings. The number of esters is 1. The fraction of sp³-hybridized carbons (Fsp3) is 0.917. The first-order valence-electron chi connectivity index (χ1n) is 5.95. The predicted octanol–water partition coefficient (Wildman–Crippen LogP) is 2.69. The molecule has 0 bridgehead atoms. The monoisotopic (exact) mass is 217 g/mol. The normalized spacial score (nSPS) is 24.4. The van der Waals surface area contributed by atoms with Crippen LogP contribution >= 0.6 is 0 Å². The number of rotatable bonds is 1. The highest BCUT2D eigenvalue weighted by Gasteiger charge is 2.26. The SMILES string of the molecule is CC.CC.CC1CC(N(C)C)CC(=O)O1. The first-order chi connectivity index (χ1) is 7.09. The Morgan fingerprint density at radius 2 is 1.67 bits per heavy atom. The van der Waals surface area contributed by atoms with Crippen molar-refractivity contribution >= 4 is 5.97 Å². The second-order valence-electron chi connectivity index (χ2n) is 3.36. The van der Waals surface area contributed by atoms with E-state index in [0.29, 0.717) is 12.5 Å². The van der Waals surface area contributed by atoms with Crippen molar-refractivity contribution in [1.29, 1.82) is 0 Å². The molecule has 1 saturated heterocycles. The molecule has 15 heavy (non-hydrogen) atoms. The lowest BCUT2D eigenvalue weighted by Crippen LogP contribution is -2.39. The number of ether oxygens (including phenoxy) is 1. The maximum absolute atomic E-state index is 10.9. The van der Waals surface area contributed by atoms with E-state index in [4.69, 9.17) is 4.74 Å². The number of hydrogen-bond acceptors (Lipinski definition) is 3. The van der Waals surface area contributed by atoms with Crippen molar-refractivity contribution in [3.05, 3.63) is 0 Å². The maximum atomic E-state index is 10.9. The fourth-order valence-corrected chi connectivity index (χ4v) is 1.37. The van der Waals surface area contributed by atoms with E-state index in [1.807, 2.05) is 48.7 Å². The molecule has 0 saturated carbocycles.